The summed E-state index contributed by atoms with van der Waals surface area (Å²) < 4.78 is 1.77. The maximum absolute atomic E-state index is 8.75. The van der Waals surface area contributed by atoms with Crippen molar-refractivity contribution in [1.29, 1.82) is 0 Å². The largest absolute Gasteiger partial charge is 0.409 e. The molecule has 0 radical (unpaired) electrons. The lowest BCUT2D eigenvalue weighted by molar-refractivity contribution is 0.318. The third kappa shape index (κ3) is 2.17. The quantitative estimate of drug-likeness (QED) is 0.368. The Balaban J connectivity index is 2.55. The minimum absolute atomic E-state index is 0.0503. The van der Waals surface area contributed by atoms with Crippen LogP contribution in [0, 0.1) is 6.92 Å². The molecule has 0 aliphatic carbocycles. The summed E-state index contributed by atoms with van der Waals surface area (Å²) in [5, 5.41) is 11.8. The summed E-state index contributed by atoms with van der Waals surface area (Å²) in [5.74, 6) is 1.46. The highest BCUT2D eigenvalue weighted by molar-refractivity contribution is 5.96. The van der Waals surface area contributed by atoms with Crippen molar-refractivity contribution in [3.8, 4) is 5.82 Å². The Morgan fingerprint density at radius 1 is 1.50 bits per heavy atom. The lowest BCUT2D eigenvalue weighted by Gasteiger charge is -2.09. The second kappa shape index (κ2) is 4.87. The molecule has 6 nitrogen and oxygen atoms in total. The molecule has 0 aromatic carbocycles. The van der Waals surface area contributed by atoms with Gasteiger partial charge in [0, 0.05) is 18.0 Å². The summed E-state index contributed by atoms with van der Waals surface area (Å²) in [7, 11) is 0. The Labute approximate surface area is 105 Å². The molecule has 0 saturated carbocycles. The molecule has 0 atom stereocenters. The number of nitrogens with two attached hydrogens (primary N) is 1. The van der Waals surface area contributed by atoms with Crippen molar-refractivity contribution < 1.29 is 5.21 Å². The predicted octanol–water partition coefficient (Wildman–Crippen LogP) is 1.23. The molecular formula is C12H15N5O. The standard InChI is InChI=1S/C12H15N5O/c1-3-9-7-11(15-8(2)14-9)17-6-4-5-10(17)12(13)16-18/h4-7,18H,3H2,1-2H3,(H2,13,16). The minimum atomic E-state index is 0.0503. The molecule has 0 amide bonds. The third-order valence-electron chi connectivity index (χ3n) is 2.61. The number of nitrogens with zero attached hydrogens (tertiary/aromatic N) is 4. The van der Waals surface area contributed by atoms with Gasteiger partial charge < -0.3 is 10.9 Å². The molecule has 2 heterocycles. The van der Waals surface area contributed by atoms with Gasteiger partial charge in [0.1, 0.15) is 11.6 Å². The Bertz CT molecular complexity index is 588. The van der Waals surface area contributed by atoms with E-state index in [2.05, 4.69) is 15.1 Å². The monoisotopic (exact) mass is 245 g/mol. The van der Waals surface area contributed by atoms with E-state index in [0.29, 0.717) is 17.3 Å². The molecule has 0 unspecified atom stereocenters. The van der Waals surface area contributed by atoms with Crippen molar-refractivity contribution in [3.63, 3.8) is 0 Å². The summed E-state index contributed by atoms with van der Waals surface area (Å²) in [5.41, 5.74) is 7.17. The van der Waals surface area contributed by atoms with Crippen LogP contribution in [0.2, 0.25) is 0 Å². The van der Waals surface area contributed by atoms with Crippen LogP contribution in [0.1, 0.15) is 24.1 Å². The Morgan fingerprint density at radius 2 is 2.28 bits per heavy atom. The van der Waals surface area contributed by atoms with Crippen molar-refractivity contribution in [1.82, 2.24) is 14.5 Å². The first kappa shape index (κ1) is 12.1. The molecule has 2 aromatic rings. The van der Waals surface area contributed by atoms with Crippen LogP contribution < -0.4 is 5.73 Å². The van der Waals surface area contributed by atoms with E-state index in [4.69, 9.17) is 10.9 Å². The fourth-order valence-corrected chi connectivity index (χ4v) is 1.76. The fraction of sp³-hybridized carbons (Fsp3) is 0.250. The SMILES string of the molecule is CCc1cc(-n2cccc2/C(N)=N/O)nc(C)n1. The Morgan fingerprint density at radius 3 is 2.94 bits per heavy atom. The molecule has 6 heteroatoms. The average Bonchev–Trinajstić information content (AvgIpc) is 2.86. The number of aryl methyl sites for hydroxylation is 2. The van der Waals surface area contributed by atoms with E-state index in [0.717, 1.165) is 12.1 Å². The van der Waals surface area contributed by atoms with Gasteiger partial charge in [-0.2, -0.15) is 0 Å². The number of oxime groups is 1. The first-order valence-electron chi connectivity index (χ1n) is 5.66. The number of hydrogen-bond donors (Lipinski definition) is 2. The topological polar surface area (TPSA) is 89.3 Å². The maximum atomic E-state index is 8.75. The van der Waals surface area contributed by atoms with E-state index in [-0.39, 0.29) is 5.84 Å². The van der Waals surface area contributed by atoms with Gasteiger partial charge in [-0.15, -0.1) is 0 Å². The lowest BCUT2D eigenvalue weighted by Crippen LogP contribution is -2.18. The second-order valence-corrected chi connectivity index (χ2v) is 3.87. The fourth-order valence-electron chi connectivity index (χ4n) is 1.76. The molecule has 0 bridgehead atoms. The zero-order valence-electron chi connectivity index (χ0n) is 10.3. The van der Waals surface area contributed by atoms with E-state index in [1.807, 2.05) is 32.2 Å². The van der Waals surface area contributed by atoms with Gasteiger partial charge in [0.25, 0.3) is 0 Å². The molecule has 3 N–H and O–H groups in total. The van der Waals surface area contributed by atoms with Crippen LogP contribution in [-0.4, -0.2) is 25.6 Å². The van der Waals surface area contributed by atoms with E-state index >= 15 is 0 Å². The number of aromatic nitrogens is 3. The van der Waals surface area contributed by atoms with Crippen LogP contribution in [0.15, 0.2) is 29.6 Å². The normalized spacial score (nSPS) is 11.8. The van der Waals surface area contributed by atoms with Crippen molar-refractivity contribution in [3.05, 3.63) is 41.6 Å². The van der Waals surface area contributed by atoms with E-state index in [9.17, 15) is 0 Å². The van der Waals surface area contributed by atoms with Gasteiger partial charge in [-0.1, -0.05) is 12.1 Å². The van der Waals surface area contributed by atoms with Gasteiger partial charge in [0.2, 0.25) is 0 Å². The number of rotatable bonds is 3. The van der Waals surface area contributed by atoms with Crippen molar-refractivity contribution in [2.24, 2.45) is 10.9 Å². The van der Waals surface area contributed by atoms with Crippen LogP contribution in [-0.2, 0) is 6.42 Å². The van der Waals surface area contributed by atoms with Crippen molar-refractivity contribution in [2.45, 2.75) is 20.3 Å². The molecule has 2 aromatic heterocycles. The van der Waals surface area contributed by atoms with E-state index < -0.39 is 0 Å². The van der Waals surface area contributed by atoms with Gasteiger partial charge in [-0.3, -0.25) is 4.57 Å². The molecule has 0 aliphatic rings. The van der Waals surface area contributed by atoms with E-state index in [1.54, 1.807) is 10.6 Å². The zero-order chi connectivity index (χ0) is 13.1. The molecule has 2 rings (SSSR count). The highest BCUT2D eigenvalue weighted by Crippen LogP contribution is 2.12. The van der Waals surface area contributed by atoms with Gasteiger partial charge in [0.15, 0.2) is 5.84 Å². The van der Waals surface area contributed by atoms with Gasteiger partial charge in [-0.25, -0.2) is 9.97 Å². The first-order chi connectivity index (χ1) is 8.65. The Kier molecular flexibility index (Phi) is 3.27. The van der Waals surface area contributed by atoms with Gasteiger partial charge in [0.05, 0.1) is 5.69 Å². The van der Waals surface area contributed by atoms with E-state index in [1.165, 1.54) is 0 Å². The zero-order valence-corrected chi connectivity index (χ0v) is 10.3. The van der Waals surface area contributed by atoms with Gasteiger partial charge >= 0.3 is 0 Å². The summed E-state index contributed by atoms with van der Waals surface area (Å²) in [4.78, 5) is 8.68. The molecule has 0 aliphatic heterocycles. The smallest absolute Gasteiger partial charge is 0.187 e. The third-order valence-corrected chi connectivity index (χ3v) is 2.61. The van der Waals surface area contributed by atoms with Crippen LogP contribution in [0.25, 0.3) is 5.82 Å². The summed E-state index contributed by atoms with van der Waals surface area (Å²) >= 11 is 0. The second-order valence-electron chi connectivity index (χ2n) is 3.87. The van der Waals surface area contributed by atoms with Gasteiger partial charge in [-0.05, 0) is 25.5 Å². The molecular weight excluding hydrogens is 230 g/mol. The van der Waals surface area contributed by atoms with Crippen LogP contribution in [0.4, 0.5) is 0 Å². The van der Waals surface area contributed by atoms with Crippen LogP contribution in [0.3, 0.4) is 0 Å². The highest BCUT2D eigenvalue weighted by atomic mass is 16.4. The van der Waals surface area contributed by atoms with Crippen LogP contribution >= 0.6 is 0 Å². The lowest BCUT2D eigenvalue weighted by atomic mass is 10.3. The number of hydrogen-bond acceptors (Lipinski definition) is 4. The molecule has 94 valence electrons. The summed E-state index contributed by atoms with van der Waals surface area (Å²) in [6.07, 6.45) is 2.64. The maximum Gasteiger partial charge on any atom is 0.187 e. The molecule has 0 spiro atoms. The highest BCUT2D eigenvalue weighted by Gasteiger charge is 2.10. The summed E-state index contributed by atoms with van der Waals surface area (Å²) in [6.45, 7) is 3.88. The summed E-state index contributed by atoms with van der Waals surface area (Å²) in [6, 6.07) is 5.47. The predicted molar refractivity (Wildman–Crippen MR) is 68.0 cm³/mol. The minimum Gasteiger partial charge on any atom is -0.409 e. The first-order valence-corrected chi connectivity index (χ1v) is 5.66. The van der Waals surface area contributed by atoms with Crippen molar-refractivity contribution >= 4 is 5.84 Å². The van der Waals surface area contributed by atoms with Crippen LogP contribution in [0.5, 0.6) is 0 Å². The molecule has 0 fully saturated rings. The molecule has 0 saturated heterocycles. The Hall–Kier alpha value is -2.37. The number of amidine groups is 1. The van der Waals surface area contributed by atoms with Crippen molar-refractivity contribution in [2.75, 3.05) is 0 Å². The molecule has 18 heavy (non-hydrogen) atoms. The average molecular weight is 245 g/mol.